The van der Waals surface area contributed by atoms with Crippen LogP contribution in [-0.2, 0) is 0 Å². The lowest BCUT2D eigenvalue weighted by Crippen LogP contribution is -2.43. The molecule has 1 aliphatic carbocycles. The predicted molar refractivity (Wildman–Crippen MR) is 70.5 cm³/mol. The molecule has 4 heteroatoms. The van der Waals surface area contributed by atoms with E-state index in [1.54, 1.807) is 0 Å². The van der Waals surface area contributed by atoms with Gasteiger partial charge in [-0.2, -0.15) is 5.26 Å². The largest absolute Gasteiger partial charge is 0.313 e. The van der Waals surface area contributed by atoms with Crippen LogP contribution in [0.3, 0.4) is 0 Å². The summed E-state index contributed by atoms with van der Waals surface area (Å²) in [7, 11) is 6.32. The molecule has 0 saturated heterocycles. The van der Waals surface area contributed by atoms with E-state index in [1.807, 2.05) is 0 Å². The number of nitriles is 1. The van der Waals surface area contributed by atoms with E-state index < -0.39 is 5.54 Å². The molecule has 98 valence electrons. The second kappa shape index (κ2) is 6.34. The van der Waals surface area contributed by atoms with Crippen molar-refractivity contribution in [2.75, 3.05) is 40.8 Å². The summed E-state index contributed by atoms with van der Waals surface area (Å²) in [6.45, 7) is 3.19. The summed E-state index contributed by atoms with van der Waals surface area (Å²) < 4.78 is 0. The van der Waals surface area contributed by atoms with Crippen molar-refractivity contribution >= 4 is 0 Å². The molecule has 0 aromatic rings. The van der Waals surface area contributed by atoms with Crippen LogP contribution in [-0.4, -0.2) is 56.1 Å². The summed E-state index contributed by atoms with van der Waals surface area (Å²) in [6.07, 6.45) is 4.14. The fourth-order valence-corrected chi connectivity index (χ4v) is 2.51. The maximum atomic E-state index is 9.14. The maximum absolute atomic E-state index is 9.14. The van der Waals surface area contributed by atoms with Crippen LogP contribution in [0.15, 0.2) is 0 Å². The third-order valence-corrected chi connectivity index (χ3v) is 3.87. The molecule has 0 bridgehead atoms. The van der Waals surface area contributed by atoms with Gasteiger partial charge >= 0.3 is 0 Å². The lowest BCUT2D eigenvalue weighted by Gasteiger charge is -2.26. The molecule has 1 saturated carbocycles. The Hall–Kier alpha value is -0.630. The maximum Gasteiger partial charge on any atom is 0.107 e. The number of hydrogen-bond donors (Lipinski definition) is 1. The monoisotopic (exact) mass is 238 g/mol. The van der Waals surface area contributed by atoms with Gasteiger partial charge in [-0.15, -0.1) is 0 Å². The van der Waals surface area contributed by atoms with E-state index >= 15 is 0 Å². The van der Waals surface area contributed by atoms with Crippen molar-refractivity contribution in [3.8, 4) is 6.07 Å². The first kappa shape index (κ1) is 14.4. The molecule has 0 spiro atoms. The lowest BCUT2D eigenvalue weighted by molar-refractivity contribution is 0.250. The molecule has 1 rings (SSSR count). The minimum absolute atomic E-state index is 0.384. The molecule has 0 aromatic heterocycles. The molecule has 17 heavy (non-hydrogen) atoms. The number of likely N-dealkylation sites (N-methyl/N-ethyl adjacent to an activating group) is 2. The fraction of sp³-hybridized carbons (Fsp3) is 0.923. The Bertz CT molecular complexity index is 271. The first-order valence-electron chi connectivity index (χ1n) is 6.51. The van der Waals surface area contributed by atoms with Crippen molar-refractivity contribution in [1.29, 1.82) is 5.26 Å². The Kier molecular flexibility index (Phi) is 5.38. The smallest absolute Gasteiger partial charge is 0.107 e. The number of hydrogen-bond acceptors (Lipinski definition) is 4. The highest BCUT2D eigenvalue weighted by Gasteiger charge is 2.39. The Labute approximate surface area is 105 Å². The quantitative estimate of drug-likeness (QED) is 0.746. The SMILES string of the molecule is CN(C)CCN(C)CCC1CCCC1(N)C#N. The Morgan fingerprint density at radius 3 is 2.59 bits per heavy atom. The Morgan fingerprint density at radius 1 is 1.29 bits per heavy atom. The van der Waals surface area contributed by atoms with Gasteiger partial charge in [-0.25, -0.2) is 0 Å². The van der Waals surface area contributed by atoms with Gasteiger partial charge in [0.1, 0.15) is 5.54 Å². The van der Waals surface area contributed by atoms with Gasteiger partial charge < -0.3 is 15.5 Å². The van der Waals surface area contributed by atoms with Crippen molar-refractivity contribution in [1.82, 2.24) is 9.80 Å². The zero-order valence-electron chi connectivity index (χ0n) is 11.4. The molecule has 0 heterocycles. The van der Waals surface area contributed by atoms with Crippen LogP contribution in [0.5, 0.6) is 0 Å². The van der Waals surface area contributed by atoms with Gasteiger partial charge in [-0.05, 0) is 52.9 Å². The molecule has 4 nitrogen and oxygen atoms in total. The van der Waals surface area contributed by atoms with Crippen LogP contribution < -0.4 is 5.73 Å². The van der Waals surface area contributed by atoms with E-state index in [2.05, 4.69) is 37.0 Å². The molecule has 0 amide bonds. The summed E-state index contributed by atoms with van der Waals surface area (Å²) in [5, 5.41) is 9.14. The minimum Gasteiger partial charge on any atom is -0.313 e. The number of nitrogens with two attached hydrogens (primary N) is 1. The normalized spacial score (nSPS) is 28.9. The van der Waals surface area contributed by atoms with E-state index in [0.29, 0.717) is 5.92 Å². The summed E-state index contributed by atoms with van der Waals surface area (Å²) in [5.41, 5.74) is 5.57. The first-order chi connectivity index (χ1) is 7.98. The highest BCUT2D eigenvalue weighted by Crippen LogP contribution is 2.35. The van der Waals surface area contributed by atoms with Gasteiger partial charge in [0.2, 0.25) is 0 Å². The average Bonchev–Trinajstić information content (AvgIpc) is 2.66. The summed E-state index contributed by atoms with van der Waals surface area (Å²) in [4.78, 5) is 4.52. The number of rotatable bonds is 6. The van der Waals surface area contributed by atoms with Gasteiger partial charge in [-0.3, -0.25) is 0 Å². The first-order valence-corrected chi connectivity index (χ1v) is 6.51. The van der Waals surface area contributed by atoms with Gasteiger partial charge in [0.15, 0.2) is 0 Å². The van der Waals surface area contributed by atoms with Gasteiger partial charge in [-0.1, -0.05) is 6.42 Å². The number of nitrogens with zero attached hydrogens (tertiary/aromatic N) is 3. The molecule has 0 radical (unpaired) electrons. The van der Waals surface area contributed by atoms with E-state index in [0.717, 1.165) is 45.3 Å². The second-order valence-electron chi connectivity index (χ2n) is 5.64. The minimum atomic E-state index is -0.553. The fourth-order valence-electron chi connectivity index (χ4n) is 2.51. The zero-order chi connectivity index (χ0) is 12.9. The van der Waals surface area contributed by atoms with Crippen molar-refractivity contribution in [3.05, 3.63) is 0 Å². The molecule has 1 fully saturated rings. The standard InChI is InChI=1S/C13H26N4/c1-16(2)9-10-17(3)8-6-12-5-4-7-13(12,15)11-14/h12H,4-10,15H2,1-3H3. The molecule has 2 N–H and O–H groups in total. The third kappa shape index (κ3) is 4.27. The van der Waals surface area contributed by atoms with Crippen molar-refractivity contribution in [2.24, 2.45) is 11.7 Å². The highest BCUT2D eigenvalue weighted by atomic mass is 15.1. The van der Waals surface area contributed by atoms with Gasteiger partial charge in [0, 0.05) is 13.1 Å². The zero-order valence-corrected chi connectivity index (χ0v) is 11.4. The van der Waals surface area contributed by atoms with Gasteiger partial charge in [0.05, 0.1) is 6.07 Å². The average molecular weight is 238 g/mol. The molecule has 0 aliphatic heterocycles. The van der Waals surface area contributed by atoms with Crippen LogP contribution in [0.4, 0.5) is 0 Å². The van der Waals surface area contributed by atoms with Crippen LogP contribution >= 0.6 is 0 Å². The van der Waals surface area contributed by atoms with Crippen LogP contribution in [0.1, 0.15) is 25.7 Å². The van der Waals surface area contributed by atoms with Crippen LogP contribution in [0, 0.1) is 17.2 Å². The molecule has 2 atom stereocenters. The molecule has 2 unspecified atom stereocenters. The van der Waals surface area contributed by atoms with Crippen LogP contribution in [0.2, 0.25) is 0 Å². The van der Waals surface area contributed by atoms with E-state index in [-0.39, 0.29) is 0 Å². The second-order valence-corrected chi connectivity index (χ2v) is 5.64. The van der Waals surface area contributed by atoms with Crippen molar-refractivity contribution < 1.29 is 0 Å². The van der Waals surface area contributed by atoms with Gasteiger partial charge in [0.25, 0.3) is 0 Å². The van der Waals surface area contributed by atoms with Crippen molar-refractivity contribution in [3.63, 3.8) is 0 Å². The highest BCUT2D eigenvalue weighted by molar-refractivity contribution is 5.11. The Morgan fingerprint density at radius 2 is 2.00 bits per heavy atom. The summed E-state index contributed by atoms with van der Waals surface area (Å²) >= 11 is 0. The topological polar surface area (TPSA) is 56.3 Å². The summed E-state index contributed by atoms with van der Waals surface area (Å²) in [5.74, 6) is 0.384. The molecular formula is C13H26N4. The van der Waals surface area contributed by atoms with E-state index in [1.165, 1.54) is 0 Å². The molecule has 0 aromatic carbocycles. The van der Waals surface area contributed by atoms with Crippen molar-refractivity contribution in [2.45, 2.75) is 31.2 Å². The predicted octanol–water partition coefficient (Wildman–Crippen LogP) is 0.891. The molecular weight excluding hydrogens is 212 g/mol. The summed E-state index contributed by atoms with van der Waals surface area (Å²) in [6, 6.07) is 2.32. The lowest BCUT2D eigenvalue weighted by atomic mass is 9.87. The molecule has 1 aliphatic rings. The third-order valence-electron chi connectivity index (χ3n) is 3.87. The van der Waals surface area contributed by atoms with E-state index in [4.69, 9.17) is 11.0 Å². The Balaban J connectivity index is 2.28. The van der Waals surface area contributed by atoms with Crippen LogP contribution in [0.25, 0.3) is 0 Å². The van der Waals surface area contributed by atoms with E-state index in [9.17, 15) is 0 Å².